The number of hydrogen-bond acceptors (Lipinski definition) is 5. The molecule has 204 valence electrons. The number of nitrogens with zero attached hydrogens (tertiary/aromatic N) is 2. The van der Waals surface area contributed by atoms with Crippen molar-refractivity contribution in [1.29, 1.82) is 5.26 Å². The third-order valence-electron chi connectivity index (χ3n) is 7.85. The fraction of sp³-hybridized carbons (Fsp3) is 0.294. The summed E-state index contributed by atoms with van der Waals surface area (Å²) in [6, 6.07) is 23.1. The highest BCUT2D eigenvalue weighted by atomic mass is 32.2. The van der Waals surface area contributed by atoms with Gasteiger partial charge in [-0.25, -0.2) is 4.39 Å². The van der Waals surface area contributed by atoms with Crippen molar-refractivity contribution in [1.82, 2.24) is 0 Å². The zero-order chi connectivity index (χ0) is 28.6. The first-order valence-electron chi connectivity index (χ1n) is 13.5. The van der Waals surface area contributed by atoms with Crippen molar-refractivity contribution < 1.29 is 9.18 Å². The summed E-state index contributed by atoms with van der Waals surface area (Å²) in [6.45, 7) is 8.29. The van der Waals surface area contributed by atoms with E-state index in [1.54, 1.807) is 17.0 Å². The van der Waals surface area contributed by atoms with Gasteiger partial charge in [0.05, 0.1) is 17.6 Å². The Kier molecular flexibility index (Phi) is 7.61. The number of halogens is 1. The molecule has 1 aliphatic heterocycles. The molecule has 0 bridgehead atoms. The Morgan fingerprint density at radius 3 is 2.42 bits per heavy atom. The average Bonchev–Trinajstić information content (AvgIpc) is 2.90. The molecule has 0 radical (unpaired) electrons. The number of rotatable bonds is 6. The summed E-state index contributed by atoms with van der Waals surface area (Å²) >= 11 is 1.85. The Hall–Kier alpha value is -3.82. The molecule has 0 aromatic heterocycles. The van der Waals surface area contributed by atoms with Gasteiger partial charge in [-0.2, -0.15) is 17.0 Å². The van der Waals surface area contributed by atoms with Crippen LogP contribution in [-0.2, 0) is 16.3 Å². The van der Waals surface area contributed by atoms with Crippen LogP contribution in [0.5, 0.6) is 0 Å². The molecule has 1 unspecified atom stereocenters. The highest BCUT2D eigenvalue weighted by Crippen LogP contribution is 2.51. The first-order valence-corrected chi connectivity index (χ1v) is 14.7. The fourth-order valence-electron chi connectivity index (χ4n) is 5.97. The summed E-state index contributed by atoms with van der Waals surface area (Å²) < 4.78 is 13.8. The zero-order valence-electron chi connectivity index (χ0n) is 23.4. The lowest BCUT2D eigenvalue weighted by Crippen LogP contribution is -2.42. The molecule has 40 heavy (non-hydrogen) atoms. The molecule has 3 aromatic carbocycles. The second-order valence-electron chi connectivity index (χ2n) is 11.6. The number of hydrogen-bond donors (Lipinski definition) is 1. The predicted octanol–water partition coefficient (Wildman–Crippen LogP) is 7.82. The number of nitrogens with two attached hydrogens (primary N) is 1. The molecule has 3 aromatic rings. The molecular weight excluding hydrogens is 517 g/mol. The number of carbonyl (C=O) groups excluding carboxylic acids is 1. The number of nitriles is 1. The van der Waals surface area contributed by atoms with Crippen molar-refractivity contribution >= 4 is 23.2 Å². The van der Waals surface area contributed by atoms with Gasteiger partial charge >= 0.3 is 0 Å². The molecule has 0 saturated carbocycles. The molecule has 0 spiro atoms. The predicted molar refractivity (Wildman–Crippen MR) is 161 cm³/mol. The van der Waals surface area contributed by atoms with Crippen molar-refractivity contribution in [3.05, 3.63) is 123 Å². The van der Waals surface area contributed by atoms with Crippen LogP contribution in [0.4, 0.5) is 10.1 Å². The molecule has 1 aliphatic carbocycles. The van der Waals surface area contributed by atoms with Crippen LogP contribution < -0.4 is 10.6 Å². The van der Waals surface area contributed by atoms with Gasteiger partial charge in [0.1, 0.15) is 11.6 Å². The molecule has 4 nitrogen and oxygen atoms in total. The SMILES string of the molecule is Cc1cc(CSCc2ccccc2)c(C)c(C2C(C#N)=C(N)N(c3ccc(F)cc3)C3=C2C(=O)CC(C)(C)C3)c1. The fourth-order valence-corrected chi connectivity index (χ4v) is 7.02. The molecule has 0 saturated heterocycles. The van der Waals surface area contributed by atoms with Crippen LogP contribution in [0.25, 0.3) is 0 Å². The number of Topliss-reactive ketones (excluding diaryl/α,β-unsaturated/α-hetero) is 1. The van der Waals surface area contributed by atoms with Crippen LogP contribution in [0.3, 0.4) is 0 Å². The van der Waals surface area contributed by atoms with Gasteiger partial charge in [-0.05, 0) is 72.2 Å². The van der Waals surface area contributed by atoms with Gasteiger partial charge < -0.3 is 5.73 Å². The molecule has 0 fully saturated rings. The Balaban J connectivity index is 1.62. The smallest absolute Gasteiger partial charge is 0.162 e. The van der Waals surface area contributed by atoms with Crippen LogP contribution in [0, 0.1) is 36.4 Å². The number of thioether (sulfide) groups is 1. The van der Waals surface area contributed by atoms with Gasteiger partial charge in [0.2, 0.25) is 0 Å². The highest BCUT2D eigenvalue weighted by Gasteiger charge is 2.45. The van der Waals surface area contributed by atoms with Gasteiger partial charge in [-0.3, -0.25) is 9.69 Å². The standard InChI is InChI=1S/C34H34FN3OS/c1-21-14-24(20-40-19-23-8-6-5-7-9-23)22(2)27(15-21)31-28(18-36)33(37)38(26-12-10-25(35)11-13-26)29-16-34(3,4)17-30(39)32(29)31/h5-15,31H,16-17,19-20,37H2,1-4H3. The molecular formula is C34H34FN3OS. The summed E-state index contributed by atoms with van der Waals surface area (Å²) in [5.41, 5.74) is 14.5. The van der Waals surface area contributed by atoms with E-state index in [9.17, 15) is 14.4 Å². The summed E-state index contributed by atoms with van der Waals surface area (Å²) in [5, 5.41) is 10.5. The Labute approximate surface area is 240 Å². The number of allylic oxidation sites excluding steroid dienone is 3. The zero-order valence-corrected chi connectivity index (χ0v) is 24.2. The quantitative estimate of drug-likeness (QED) is 0.338. The summed E-state index contributed by atoms with van der Waals surface area (Å²) in [6.07, 6.45) is 1.01. The minimum atomic E-state index is -0.543. The van der Waals surface area contributed by atoms with Crippen molar-refractivity contribution in [2.45, 2.75) is 58.0 Å². The van der Waals surface area contributed by atoms with Gasteiger partial charge in [0, 0.05) is 34.9 Å². The number of ketones is 1. The van der Waals surface area contributed by atoms with Crippen LogP contribution >= 0.6 is 11.8 Å². The van der Waals surface area contributed by atoms with E-state index in [2.05, 4.69) is 70.2 Å². The number of carbonyl (C=O) groups is 1. The molecule has 0 amide bonds. The second-order valence-corrected chi connectivity index (χ2v) is 12.6. The Bertz CT molecular complexity index is 1570. The van der Waals surface area contributed by atoms with E-state index in [-0.39, 0.29) is 17.0 Å². The lowest BCUT2D eigenvalue weighted by molar-refractivity contribution is -0.118. The van der Waals surface area contributed by atoms with Crippen molar-refractivity contribution in [3.63, 3.8) is 0 Å². The molecule has 1 atom stereocenters. The Morgan fingerprint density at radius 2 is 1.75 bits per heavy atom. The number of benzene rings is 3. The summed E-state index contributed by atoms with van der Waals surface area (Å²) in [5.74, 6) is 1.15. The largest absolute Gasteiger partial charge is 0.384 e. The van der Waals surface area contributed by atoms with E-state index in [1.807, 2.05) is 17.8 Å². The van der Waals surface area contributed by atoms with E-state index in [0.717, 1.165) is 33.9 Å². The van der Waals surface area contributed by atoms with E-state index in [0.29, 0.717) is 35.5 Å². The van der Waals surface area contributed by atoms with E-state index in [1.165, 1.54) is 23.3 Å². The normalized spacial score (nSPS) is 18.6. The van der Waals surface area contributed by atoms with Crippen LogP contribution in [0.15, 0.2) is 89.4 Å². The molecule has 6 heteroatoms. The molecule has 1 heterocycles. The van der Waals surface area contributed by atoms with E-state index >= 15 is 0 Å². The summed E-state index contributed by atoms with van der Waals surface area (Å²) in [7, 11) is 0. The summed E-state index contributed by atoms with van der Waals surface area (Å²) in [4.78, 5) is 15.7. The van der Waals surface area contributed by atoms with Crippen molar-refractivity contribution in [3.8, 4) is 6.07 Å². The third-order valence-corrected chi connectivity index (χ3v) is 8.90. The van der Waals surface area contributed by atoms with Crippen LogP contribution in [-0.4, -0.2) is 5.78 Å². The van der Waals surface area contributed by atoms with Crippen molar-refractivity contribution in [2.75, 3.05) is 4.90 Å². The Morgan fingerprint density at radius 1 is 1.05 bits per heavy atom. The number of aryl methyl sites for hydroxylation is 1. The van der Waals surface area contributed by atoms with Gasteiger partial charge in [-0.15, -0.1) is 0 Å². The van der Waals surface area contributed by atoms with E-state index < -0.39 is 5.92 Å². The maximum absolute atomic E-state index is 13.9. The van der Waals surface area contributed by atoms with Crippen LogP contribution in [0.2, 0.25) is 0 Å². The van der Waals surface area contributed by atoms with Gasteiger partial charge in [-0.1, -0.05) is 61.9 Å². The van der Waals surface area contributed by atoms with Crippen molar-refractivity contribution in [2.24, 2.45) is 11.1 Å². The maximum atomic E-state index is 13.9. The maximum Gasteiger partial charge on any atom is 0.162 e. The minimum Gasteiger partial charge on any atom is -0.384 e. The average molecular weight is 552 g/mol. The monoisotopic (exact) mass is 551 g/mol. The minimum absolute atomic E-state index is 0.0320. The van der Waals surface area contributed by atoms with Gasteiger partial charge in [0.15, 0.2) is 5.78 Å². The lowest BCUT2D eigenvalue weighted by Gasteiger charge is -2.44. The number of anilines is 1. The third kappa shape index (κ3) is 5.31. The van der Waals surface area contributed by atoms with Gasteiger partial charge in [0.25, 0.3) is 0 Å². The molecule has 2 aliphatic rings. The first-order chi connectivity index (χ1) is 19.1. The first kappa shape index (κ1) is 27.7. The lowest BCUT2D eigenvalue weighted by atomic mass is 9.68. The second kappa shape index (κ2) is 11.0. The topological polar surface area (TPSA) is 70.1 Å². The van der Waals surface area contributed by atoms with E-state index in [4.69, 9.17) is 5.73 Å². The van der Waals surface area contributed by atoms with Crippen LogP contribution in [0.1, 0.15) is 60.4 Å². The molecule has 2 N–H and O–H groups in total. The highest BCUT2D eigenvalue weighted by molar-refractivity contribution is 7.97. The molecule has 5 rings (SSSR count).